The predicted molar refractivity (Wildman–Crippen MR) is 82.3 cm³/mol. The monoisotopic (exact) mass is 302 g/mol. The van der Waals surface area contributed by atoms with E-state index in [1.165, 1.54) is 6.07 Å². The molecule has 0 spiro atoms. The maximum absolute atomic E-state index is 11.0. The van der Waals surface area contributed by atoms with E-state index in [1.807, 2.05) is 29.2 Å². The molecule has 0 bridgehead atoms. The quantitative estimate of drug-likeness (QED) is 0.811. The summed E-state index contributed by atoms with van der Waals surface area (Å²) in [7, 11) is 1.60. The normalized spacial score (nSPS) is 10.3. The molecule has 0 saturated heterocycles. The zero-order valence-electron chi connectivity index (χ0n) is 12.3. The molecule has 116 valence electrons. The van der Waals surface area contributed by atoms with Crippen molar-refractivity contribution in [2.24, 2.45) is 0 Å². The summed E-state index contributed by atoms with van der Waals surface area (Å²) in [5.41, 5.74) is 0.904. The molecule has 0 atom stereocenters. The van der Waals surface area contributed by atoms with Crippen LogP contribution in [-0.4, -0.2) is 41.4 Å². The van der Waals surface area contributed by atoms with Crippen molar-refractivity contribution in [3.05, 3.63) is 53.7 Å². The van der Waals surface area contributed by atoms with Crippen LogP contribution in [0.15, 0.2) is 42.5 Å². The third kappa shape index (κ3) is 3.73. The van der Waals surface area contributed by atoms with E-state index < -0.39 is 5.97 Å². The number of pyridine rings is 1. The highest BCUT2D eigenvalue weighted by Gasteiger charge is 2.13. The van der Waals surface area contributed by atoms with Crippen LogP contribution in [0.3, 0.4) is 0 Å². The van der Waals surface area contributed by atoms with Gasteiger partial charge in [-0.05, 0) is 18.2 Å². The Kier molecular flexibility index (Phi) is 5.32. The summed E-state index contributed by atoms with van der Waals surface area (Å²) >= 11 is 0. The Morgan fingerprint density at radius 2 is 2.00 bits per heavy atom. The number of methoxy groups -OCH3 is 1. The highest BCUT2D eigenvalue weighted by molar-refractivity contribution is 5.85. The molecule has 0 aliphatic carbocycles. The van der Waals surface area contributed by atoms with E-state index in [2.05, 4.69) is 4.98 Å². The summed E-state index contributed by atoms with van der Waals surface area (Å²) in [6.45, 7) is 0.739. The smallest absolute Gasteiger partial charge is 0.354 e. The van der Waals surface area contributed by atoms with Crippen LogP contribution in [-0.2, 0) is 6.54 Å². The molecule has 2 aromatic rings. The highest BCUT2D eigenvalue weighted by Crippen LogP contribution is 2.22. The molecule has 0 amide bonds. The molecule has 6 nitrogen and oxygen atoms in total. The van der Waals surface area contributed by atoms with Gasteiger partial charge in [-0.3, -0.25) is 0 Å². The van der Waals surface area contributed by atoms with Crippen LogP contribution in [0.4, 0.5) is 5.82 Å². The Balaban J connectivity index is 2.30. The minimum atomic E-state index is -1.08. The molecule has 0 saturated carbocycles. The topological polar surface area (TPSA) is 82.9 Å². The van der Waals surface area contributed by atoms with Gasteiger partial charge in [-0.15, -0.1) is 0 Å². The molecule has 2 N–H and O–H groups in total. The summed E-state index contributed by atoms with van der Waals surface area (Å²) in [6, 6.07) is 12.3. The number of ether oxygens (including phenoxy) is 1. The first-order chi connectivity index (χ1) is 10.7. The second-order valence-corrected chi connectivity index (χ2v) is 4.64. The van der Waals surface area contributed by atoms with Crippen molar-refractivity contribution in [3.63, 3.8) is 0 Å². The van der Waals surface area contributed by atoms with Gasteiger partial charge in [0.2, 0.25) is 0 Å². The molecule has 22 heavy (non-hydrogen) atoms. The number of aliphatic hydroxyl groups excluding tert-OH is 1. The zero-order chi connectivity index (χ0) is 15.9. The van der Waals surface area contributed by atoms with Crippen molar-refractivity contribution in [2.75, 3.05) is 25.2 Å². The number of anilines is 1. The van der Waals surface area contributed by atoms with Crippen LogP contribution in [0, 0.1) is 0 Å². The summed E-state index contributed by atoms with van der Waals surface area (Å²) in [4.78, 5) is 17.0. The van der Waals surface area contributed by atoms with Gasteiger partial charge in [0, 0.05) is 18.7 Å². The van der Waals surface area contributed by atoms with Crippen LogP contribution >= 0.6 is 0 Å². The lowest BCUT2D eigenvalue weighted by molar-refractivity contribution is 0.0690. The van der Waals surface area contributed by atoms with Gasteiger partial charge in [-0.25, -0.2) is 9.78 Å². The van der Waals surface area contributed by atoms with E-state index in [0.717, 1.165) is 11.3 Å². The van der Waals surface area contributed by atoms with Crippen molar-refractivity contribution in [1.29, 1.82) is 0 Å². The van der Waals surface area contributed by atoms with Gasteiger partial charge in [0.1, 0.15) is 11.6 Å². The number of nitrogens with zero attached hydrogens (tertiary/aromatic N) is 2. The average molecular weight is 302 g/mol. The first-order valence-electron chi connectivity index (χ1n) is 6.83. The summed E-state index contributed by atoms with van der Waals surface area (Å²) in [5, 5.41) is 18.3. The molecule has 0 aliphatic heterocycles. The van der Waals surface area contributed by atoms with Gasteiger partial charge in [0.25, 0.3) is 0 Å². The molecule has 0 fully saturated rings. The number of carboxylic acid groups (broad SMARTS) is 1. The first kappa shape index (κ1) is 15.8. The van der Waals surface area contributed by atoms with E-state index in [-0.39, 0.29) is 12.3 Å². The second-order valence-electron chi connectivity index (χ2n) is 4.64. The summed E-state index contributed by atoms with van der Waals surface area (Å²) in [6.07, 6.45) is 0. The summed E-state index contributed by atoms with van der Waals surface area (Å²) < 4.78 is 5.32. The number of carbonyl (C=O) groups is 1. The molecular formula is C16H18N2O4. The number of carboxylic acids is 1. The fourth-order valence-electron chi connectivity index (χ4n) is 2.15. The molecule has 2 rings (SSSR count). The van der Waals surface area contributed by atoms with Gasteiger partial charge in [-0.2, -0.15) is 0 Å². The van der Waals surface area contributed by atoms with E-state index in [0.29, 0.717) is 18.9 Å². The number of rotatable bonds is 7. The van der Waals surface area contributed by atoms with Crippen LogP contribution in [0.2, 0.25) is 0 Å². The molecule has 0 unspecified atom stereocenters. The summed E-state index contributed by atoms with van der Waals surface area (Å²) in [5.74, 6) is 0.155. The number of hydrogen-bond acceptors (Lipinski definition) is 5. The standard InChI is InChI=1S/C16H18N2O4/c1-22-14-7-3-2-5-12(14)11-18(9-10-19)15-8-4-6-13(17-15)16(20)21/h2-8,19H,9-11H2,1H3,(H,20,21). The average Bonchev–Trinajstić information content (AvgIpc) is 2.55. The Morgan fingerprint density at radius 1 is 1.23 bits per heavy atom. The fourth-order valence-corrected chi connectivity index (χ4v) is 2.15. The largest absolute Gasteiger partial charge is 0.496 e. The number of aliphatic hydroxyl groups is 1. The maximum Gasteiger partial charge on any atom is 0.354 e. The van der Waals surface area contributed by atoms with E-state index in [1.54, 1.807) is 19.2 Å². The minimum Gasteiger partial charge on any atom is -0.496 e. The highest BCUT2D eigenvalue weighted by atomic mass is 16.5. The Bertz CT molecular complexity index is 646. The number of aromatic carboxylic acids is 1. The molecule has 0 radical (unpaired) electrons. The van der Waals surface area contributed by atoms with Crippen LogP contribution in [0.1, 0.15) is 16.1 Å². The van der Waals surface area contributed by atoms with Crippen LogP contribution in [0.5, 0.6) is 5.75 Å². The lowest BCUT2D eigenvalue weighted by Crippen LogP contribution is -2.27. The second kappa shape index (κ2) is 7.42. The lowest BCUT2D eigenvalue weighted by Gasteiger charge is -2.24. The molecule has 1 aromatic heterocycles. The Morgan fingerprint density at radius 3 is 2.68 bits per heavy atom. The van der Waals surface area contributed by atoms with E-state index >= 15 is 0 Å². The lowest BCUT2D eigenvalue weighted by atomic mass is 10.2. The first-order valence-corrected chi connectivity index (χ1v) is 6.83. The third-order valence-electron chi connectivity index (χ3n) is 3.20. The zero-order valence-corrected chi connectivity index (χ0v) is 12.3. The van der Waals surface area contributed by atoms with Gasteiger partial charge in [-0.1, -0.05) is 24.3 Å². The number of aromatic nitrogens is 1. The maximum atomic E-state index is 11.0. The van der Waals surface area contributed by atoms with Gasteiger partial charge in [0.05, 0.1) is 13.7 Å². The third-order valence-corrected chi connectivity index (χ3v) is 3.20. The SMILES string of the molecule is COc1ccccc1CN(CCO)c1cccc(C(=O)O)n1. The van der Waals surface area contributed by atoms with Crippen molar-refractivity contribution in [3.8, 4) is 5.75 Å². The van der Waals surface area contributed by atoms with E-state index in [9.17, 15) is 9.90 Å². The van der Waals surface area contributed by atoms with Crippen molar-refractivity contribution in [2.45, 2.75) is 6.54 Å². The van der Waals surface area contributed by atoms with Gasteiger partial charge < -0.3 is 19.8 Å². The minimum absolute atomic E-state index is 0.0273. The predicted octanol–water partition coefficient (Wildman–Crippen LogP) is 1.79. The van der Waals surface area contributed by atoms with Crippen LogP contribution in [0.25, 0.3) is 0 Å². The van der Waals surface area contributed by atoms with E-state index in [4.69, 9.17) is 9.84 Å². The van der Waals surface area contributed by atoms with Gasteiger partial charge in [0.15, 0.2) is 5.69 Å². The molecule has 1 heterocycles. The van der Waals surface area contributed by atoms with Crippen molar-refractivity contribution < 1.29 is 19.7 Å². The molecule has 0 aliphatic rings. The fraction of sp³-hybridized carbons (Fsp3) is 0.250. The number of hydrogen-bond donors (Lipinski definition) is 2. The number of para-hydroxylation sites is 1. The molecular weight excluding hydrogens is 284 g/mol. The van der Waals surface area contributed by atoms with Gasteiger partial charge >= 0.3 is 5.97 Å². The molecule has 1 aromatic carbocycles. The van der Waals surface area contributed by atoms with Crippen LogP contribution < -0.4 is 9.64 Å². The number of benzene rings is 1. The molecule has 6 heteroatoms. The van der Waals surface area contributed by atoms with Crippen molar-refractivity contribution in [1.82, 2.24) is 4.98 Å². The Hall–Kier alpha value is -2.60. The Labute approximate surface area is 128 Å². The van der Waals surface area contributed by atoms with Crippen molar-refractivity contribution >= 4 is 11.8 Å².